The summed E-state index contributed by atoms with van der Waals surface area (Å²) in [6.07, 6.45) is 1.46. The molecule has 25 heavy (non-hydrogen) atoms. The van der Waals surface area contributed by atoms with Crippen molar-refractivity contribution in [2.75, 3.05) is 11.9 Å². The Labute approximate surface area is 143 Å². The highest BCUT2D eigenvalue weighted by Crippen LogP contribution is 2.28. The fourth-order valence-corrected chi connectivity index (χ4v) is 2.71. The minimum Gasteiger partial charge on any atom is -0.482 e. The Hall–Kier alpha value is -3.48. The predicted octanol–water partition coefficient (Wildman–Crippen LogP) is 1.89. The normalized spacial score (nSPS) is 12.9. The molecule has 0 saturated heterocycles. The first-order valence-electron chi connectivity index (χ1n) is 7.75. The largest absolute Gasteiger partial charge is 0.482 e. The molecule has 0 bridgehead atoms. The van der Waals surface area contributed by atoms with Gasteiger partial charge in [0.15, 0.2) is 6.61 Å². The number of rotatable bonds is 3. The monoisotopic (exact) mass is 334 g/mol. The van der Waals surface area contributed by atoms with Crippen LogP contribution in [-0.2, 0) is 11.3 Å². The molecule has 3 aromatic rings. The van der Waals surface area contributed by atoms with Crippen LogP contribution in [0.2, 0.25) is 0 Å². The third-order valence-corrected chi connectivity index (χ3v) is 3.92. The first-order valence-corrected chi connectivity index (χ1v) is 7.75. The molecule has 2 N–H and O–H groups in total. The Bertz CT molecular complexity index is 982. The highest BCUT2D eigenvalue weighted by molar-refractivity contribution is 6.05. The Morgan fingerprint density at radius 3 is 3.04 bits per heavy atom. The maximum absolute atomic E-state index is 12.5. The summed E-state index contributed by atoms with van der Waals surface area (Å²) in [5, 5.41) is 14.3. The second kappa shape index (κ2) is 6.20. The van der Waals surface area contributed by atoms with Gasteiger partial charge in [-0.25, -0.2) is 0 Å². The minimum atomic E-state index is -0.232. The molecule has 0 saturated carbocycles. The van der Waals surface area contributed by atoms with Gasteiger partial charge in [0.25, 0.3) is 11.8 Å². The van der Waals surface area contributed by atoms with Crippen molar-refractivity contribution in [1.82, 2.24) is 15.5 Å². The van der Waals surface area contributed by atoms with Gasteiger partial charge in [0.05, 0.1) is 23.0 Å². The summed E-state index contributed by atoms with van der Waals surface area (Å²) in [4.78, 5) is 23.9. The van der Waals surface area contributed by atoms with Gasteiger partial charge in [-0.05, 0) is 23.8 Å². The maximum atomic E-state index is 12.5. The number of aromatic nitrogens is 2. The number of hydrogen-bond acceptors (Lipinski definition) is 5. The maximum Gasteiger partial charge on any atom is 0.262 e. The standard InChI is InChI=1S/C18H14N4O3/c23-17-10-25-16-6-5-11(7-15(16)21-17)8-19-18(24)13-9-20-22-14-4-2-1-3-12(13)14/h1-7,9H,8,10H2,(H,19,24)(H,21,23). The SMILES string of the molecule is O=C1COc2ccc(CNC(=O)c3cnnc4ccccc34)cc2N1. The molecule has 4 rings (SSSR count). The van der Waals surface area contributed by atoms with E-state index in [4.69, 9.17) is 4.74 Å². The molecule has 7 heteroatoms. The lowest BCUT2D eigenvalue weighted by Gasteiger charge is -2.18. The number of amides is 2. The number of fused-ring (bicyclic) bond motifs is 2. The van der Waals surface area contributed by atoms with Crippen LogP contribution in [0.5, 0.6) is 5.75 Å². The van der Waals surface area contributed by atoms with E-state index in [0.717, 1.165) is 10.9 Å². The van der Waals surface area contributed by atoms with Gasteiger partial charge in [-0.15, -0.1) is 0 Å². The number of nitrogens with zero attached hydrogens (tertiary/aromatic N) is 2. The van der Waals surface area contributed by atoms with Crippen LogP contribution >= 0.6 is 0 Å². The molecule has 7 nitrogen and oxygen atoms in total. The first-order chi connectivity index (χ1) is 12.2. The van der Waals surface area contributed by atoms with Crippen LogP contribution in [-0.4, -0.2) is 28.6 Å². The summed E-state index contributed by atoms with van der Waals surface area (Å²) < 4.78 is 5.32. The Kier molecular flexibility index (Phi) is 3.74. The topological polar surface area (TPSA) is 93.2 Å². The van der Waals surface area contributed by atoms with E-state index in [1.807, 2.05) is 30.3 Å². The molecule has 0 atom stereocenters. The van der Waals surface area contributed by atoms with E-state index in [2.05, 4.69) is 20.8 Å². The molecular weight excluding hydrogens is 320 g/mol. The van der Waals surface area contributed by atoms with E-state index >= 15 is 0 Å². The highest BCUT2D eigenvalue weighted by Gasteiger charge is 2.16. The van der Waals surface area contributed by atoms with Crippen molar-refractivity contribution < 1.29 is 14.3 Å². The molecule has 1 aliphatic heterocycles. The highest BCUT2D eigenvalue weighted by atomic mass is 16.5. The van der Waals surface area contributed by atoms with Crippen LogP contribution in [0.4, 0.5) is 5.69 Å². The van der Waals surface area contributed by atoms with Crippen LogP contribution in [0.3, 0.4) is 0 Å². The van der Waals surface area contributed by atoms with E-state index in [1.54, 1.807) is 12.1 Å². The minimum absolute atomic E-state index is 0.0190. The summed E-state index contributed by atoms with van der Waals surface area (Å²) >= 11 is 0. The van der Waals surface area contributed by atoms with Crippen molar-refractivity contribution in [3.05, 3.63) is 59.8 Å². The molecule has 0 fully saturated rings. The number of hydrogen-bond donors (Lipinski definition) is 2. The van der Waals surface area contributed by atoms with Crippen molar-refractivity contribution >= 4 is 28.4 Å². The fraction of sp³-hybridized carbons (Fsp3) is 0.111. The number of carbonyl (C=O) groups is 2. The zero-order chi connectivity index (χ0) is 17.2. The van der Waals surface area contributed by atoms with Gasteiger partial charge in [0.2, 0.25) is 0 Å². The van der Waals surface area contributed by atoms with Gasteiger partial charge in [0.1, 0.15) is 5.75 Å². The lowest BCUT2D eigenvalue weighted by molar-refractivity contribution is -0.118. The third-order valence-electron chi connectivity index (χ3n) is 3.92. The fourth-order valence-electron chi connectivity index (χ4n) is 2.71. The third kappa shape index (κ3) is 2.99. The number of nitrogens with one attached hydrogen (secondary N) is 2. The van der Waals surface area contributed by atoms with E-state index in [1.165, 1.54) is 6.20 Å². The molecule has 2 aromatic carbocycles. The molecule has 0 spiro atoms. The van der Waals surface area contributed by atoms with Gasteiger partial charge in [-0.2, -0.15) is 10.2 Å². The summed E-state index contributed by atoms with van der Waals surface area (Å²) in [6.45, 7) is 0.337. The molecule has 124 valence electrons. The van der Waals surface area contributed by atoms with Crippen molar-refractivity contribution in [3.8, 4) is 5.75 Å². The zero-order valence-corrected chi connectivity index (χ0v) is 13.2. The van der Waals surface area contributed by atoms with E-state index in [-0.39, 0.29) is 18.4 Å². The molecular formula is C18H14N4O3. The van der Waals surface area contributed by atoms with E-state index < -0.39 is 0 Å². The van der Waals surface area contributed by atoms with Crippen LogP contribution < -0.4 is 15.4 Å². The van der Waals surface area contributed by atoms with Crippen LogP contribution in [0.15, 0.2) is 48.7 Å². The van der Waals surface area contributed by atoms with Crippen LogP contribution in [0, 0.1) is 0 Å². The van der Waals surface area contributed by atoms with Crippen molar-refractivity contribution in [3.63, 3.8) is 0 Å². The smallest absolute Gasteiger partial charge is 0.262 e. The van der Waals surface area contributed by atoms with Crippen LogP contribution in [0.1, 0.15) is 15.9 Å². The molecule has 2 amide bonds. The predicted molar refractivity (Wildman–Crippen MR) is 91.3 cm³/mol. The van der Waals surface area contributed by atoms with Gasteiger partial charge >= 0.3 is 0 Å². The molecule has 1 aliphatic rings. The Balaban J connectivity index is 1.52. The van der Waals surface area contributed by atoms with Crippen molar-refractivity contribution in [2.24, 2.45) is 0 Å². The average molecular weight is 334 g/mol. The number of benzene rings is 2. The molecule has 1 aromatic heterocycles. The van der Waals surface area contributed by atoms with Crippen LogP contribution in [0.25, 0.3) is 10.9 Å². The number of ether oxygens (including phenoxy) is 1. The molecule has 0 radical (unpaired) electrons. The second-order valence-corrected chi connectivity index (χ2v) is 5.63. The summed E-state index contributed by atoms with van der Waals surface area (Å²) in [7, 11) is 0. The lowest BCUT2D eigenvalue weighted by Crippen LogP contribution is -2.26. The van der Waals surface area contributed by atoms with Gasteiger partial charge in [-0.3, -0.25) is 9.59 Å². The van der Waals surface area contributed by atoms with Gasteiger partial charge < -0.3 is 15.4 Å². The van der Waals surface area contributed by atoms with E-state index in [9.17, 15) is 9.59 Å². The summed E-state index contributed by atoms with van der Waals surface area (Å²) in [5.41, 5.74) is 2.60. The van der Waals surface area contributed by atoms with E-state index in [0.29, 0.717) is 29.1 Å². The quantitative estimate of drug-likeness (QED) is 0.763. The lowest BCUT2D eigenvalue weighted by atomic mass is 10.1. The van der Waals surface area contributed by atoms with Gasteiger partial charge in [-0.1, -0.05) is 24.3 Å². The second-order valence-electron chi connectivity index (χ2n) is 5.63. The average Bonchev–Trinajstić information content (AvgIpc) is 2.65. The Morgan fingerprint density at radius 1 is 1.24 bits per heavy atom. The Morgan fingerprint density at radius 2 is 2.12 bits per heavy atom. The van der Waals surface area contributed by atoms with Crippen molar-refractivity contribution in [2.45, 2.75) is 6.54 Å². The van der Waals surface area contributed by atoms with Gasteiger partial charge in [0, 0.05) is 11.9 Å². The van der Waals surface area contributed by atoms with Crippen molar-refractivity contribution in [1.29, 1.82) is 0 Å². The number of anilines is 1. The molecule has 2 heterocycles. The molecule has 0 unspecified atom stereocenters. The summed E-state index contributed by atoms with van der Waals surface area (Å²) in [5.74, 6) is 0.200. The summed E-state index contributed by atoms with van der Waals surface area (Å²) in [6, 6.07) is 12.8. The number of carbonyl (C=O) groups excluding carboxylic acids is 2. The first kappa shape index (κ1) is 15.1. The zero-order valence-electron chi connectivity index (χ0n) is 13.2. The molecule has 0 aliphatic carbocycles.